The molecule has 0 fully saturated rings. The van der Waals surface area contributed by atoms with E-state index in [2.05, 4.69) is 17.4 Å². The number of hydrogen-bond donors (Lipinski definition) is 2. The lowest BCUT2D eigenvalue weighted by molar-refractivity contribution is -0.145. The van der Waals surface area contributed by atoms with E-state index in [1.807, 2.05) is 47.4 Å². The zero-order valence-electron chi connectivity index (χ0n) is 13.7. The number of anilines is 2. The Kier molecular flexibility index (Phi) is 5.01. The van der Waals surface area contributed by atoms with Gasteiger partial charge in [0.2, 0.25) is 0 Å². The first kappa shape index (κ1) is 16.3. The average molecular weight is 326 g/mol. The minimum atomic E-state index is -0.936. The van der Waals surface area contributed by atoms with Crippen molar-refractivity contribution in [2.75, 3.05) is 16.8 Å². The number of esters is 1. The van der Waals surface area contributed by atoms with Crippen molar-refractivity contribution in [2.45, 2.75) is 32.2 Å². The van der Waals surface area contributed by atoms with Crippen LogP contribution < -0.4 is 10.2 Å². The number of carbonyl (C=O) groups excluding carboxylic acids is 1. The van der Waals surface area contributed by atoms with Crippen LogP contribution in [0.3, 0.4) is 0 Å². The number of aliphatic hydroxyl groups is 1. The van der Waals surface area contributed by atoms with Crippen LogP contribution in [0.15, 0.2) is 54.6 Å². The van der Waals surface area contributed by atoms with Crippen LogP contribution in [0, 0.1) is 0 Å². The molecule has 0 spiro atoms. The van der Waals surface area contributed by atoms with Crippen molar-refractivity contribution >= 4 is 17.3 Å². The topological polar surface area (TPSA) is 61.8 Å². The van der Waals surface area contributed by atoms with Gasteiger partial charge < -0.3 is 20.1 Å². The number of para-hydroxylation sites is 2. The number of nitrogens with one attached hydrogen (secondary N) is 1. The van der Waals surface area contributed by atoms with E-state index in [9.17, 15) is 9.90 Å². The molecule has 0 aliphatic carbocycles. The van der Waals surface area contributed by atoms with Gasteiger partial charge in [-0.2, -0.15) is 0 Å². The van der Waals surface area contributed by atoms with Gasteiger partial charge in [0.15, 0.2) is 0 Å². The summed E-state index contributed by atoms with van der Waals surface area (Å²) in [7, 11) is 0. The fourth-order valence-corrected chi connectivity index (χ4v) is 3.06. The Labute approximate surface area is 141 Å². The van der Waals surface area contributed by atoms with Crippen LogP contribution in [-0.2, 0) is 16.0 Å². The molecule has 1 aliphatic rings. The number of benzene rings is 2. The van der Waals surface area contributed by atoms with E-state index in [1.54, 1.807) is 6.92 Å². The lowest BCUT2D eigenvalue weighted by Gasteiger charge is -2.31. The van der Waals surface area contributed by atoms with Crippen molar-refractivity contribution in [3.05, 3.63) is 60.2 Å². The molecule has 0 radical (unpaired) electrons. The monoisotopic (exact) mass is 326 g/mol. The second-order valence-electron chi connectivity index (χ2n) is 5.76. The molecule has 0 bridgehead atoms. The molecule has 126 valence electrons. The third kappa shape index (κ3) is 3.51. The van der Waals surface area contributed by atoms with Gasteiger partial charge in [0.25, 0.3) is 0 Å². The largest absolute Gasteiger partial charge is 0.466 e. The highest BCUT2D eigenvalue weighted by molar-refractivity contribution is 5.78. The second kappa shape index (κ2) is 7.36. The maximum atomic E-state index is 11.8. The highest BCUT2D eigenvalue weighted by Crippen LogP contribution is 2.37. The fraction of sp³-hybridized carbons (Fsp3) is 0.316. The average Bonchev–Trinajstić information content (AvgIpc) is 2.93. The van der Waals surface area contributed by atoms with E-state index in [-0.39, 0.29) is 12.6 Å². The van der Waals surface area contributed by atoms with Crippen LogP contribution in [0.1, 0.15) is 18.9 Å². The van der Waals surface area contributed by atoms with Gasteiger partial charge in [-0.3, -0.25) is 4.79 Å². The summed E-state index contributed by atoms with van der Waals surface area (Å²) in [6, 6.07) is 17.9. The number of fused-ring (bicyclic) bond motifs is 1. The summed E-state index contributed by atoms with van der Waals surface area (Å²) in [4.78, 5) is 13.6. The molecule has 2 aromatic carbocycles. The van der Waals surface area contributed by atoms with Crippen LogP contribution in [0.4, 0.5) is 11.4 Å². The molecule has 2 aromatic rings. The smallest absolute Gasteiger partial charge is 0.310 e. The SMILES string of the molecule is CCOC(=O)CC(O)N1c2ccccc2NC1Cc1ccccc1. The van der Waals surface area contributed by atoms with Crippen LogP contribution in [0.2, 0.25) is 0 Å². The Balaban J connectivity index is 1.81. The summed E-state index contributed by atoms with van der Waals surface area (Å²) in [6.07, 6.45) is -0.395. The Bertz CT molecular complexity index is 690. The van der Waals surface area contributed by atoms with Gasteiger partial charge in [0.1, 0.15) is 12.4 Å². The Hall–Kier alpha value is -2.53. The van der Waals surface area contributed by atoms with Gasteiger partial charge in [0, 0.05) is 6.42 Å². The molecule has 1 heterocycles. The number of nitrogens with zero attached hydrogens (tertiary/aromatic N) is 1. The van der Waals surface area contributed by atoms with Gasteiger partial charge in [-0.25, -0.2) is 0 Å². The van der Waals surface area contributed by atoms with Crippen LogP contribution >= 0.6 is 0 Å². The molecular weight excluding hydrogens is 304 g/mol. The predicted molar refractivity (Wildman–Crippen MR) is 93.7 cm³/mol. The Morgan fingerprint density at radius 1 is 1.21 bits per heavy atom. The molecule has 0 saturated heterocycles. The molecule has 0 amide bonds. The number of aliphatic hydroxyl groups excluding tert-OH is 1. The van der Waals surface area contributed by atoms with Crippen molar-refractivity contribution in [1.29, 1.82) is 0 Å². The molecule has 0 aromatic heterocycles. The zero-order valence-corrected chi connectivity index (χ0v) is 13.7. The molecule has 2 atom stereocenters. The molecule has 5 nitrogen and oxygen atoms in total. The van der Waals surface area contributed by atoms with Gasteiger partial charge in [-0.15, -0.1) is 0 Å². The Morgan fingerprint density at radius 2 is 1.92 bits per heavy atom. The molecule has 24 heavy (non-hydrogen) atoms. The molecule has 1 aliphatic heterocycles. The highest BCUT2D eigenvalue weighted by atomic mass is 16.5. The van der Waals surface area contributed by atoms with Gasteiger partial charge in [-0.05, 0) is 24.6 Å². The second-order valence-corrected chi connectivity index (χ2v) is 5.76. The van der Waals surface area contributed by atoms with E-state index in [1.165, 1.54) is 0 Å². The summed E-state index contributed by atoms with van der Waals surface area (Å²) >= 11 is 0. The van der Waals surface area contributed by atoms with Crippen LogP contribution in [0.5, 0.6) is 0 Å². The van der Waals surface area contributed by atoms with E-state index in [0.717, 1.165) is 23.4 Å². The molecule has 0 saturated carbocycles. The van der Waals surface area contributed by atoms with Crippen molar-refractivity contribution in [3.63, 3.8) is 0 Å². The Morgan fingerprint density at radius 3 is 2.67 bits per heavy atom. The summed E-state index contributed by atoms with van der Waals surface area (Å²) < 4.78 is 4.97. The summed E-state index contributed by atoms with van der Waals surface area (Å²) in [5, 5.41) is 14.1. The predicted octanol–water partition coefficient (Wildman–Crippen LogP) is 2.76. The number of carbonyl (C=O) groups is 1. The molecule has 2 N–H and O–H groups in total. The van der Waals surface area contributed by atoms with Gasteiger partial charge in [0.05, 0.1) is 24.4 Å². The standard InChI is InChI=1S/C19H22N2O3/c1-2-24-19(23)13-18(22)21-16-11-7-6-10-15(16)20-17(21)12-14-8-4-3-5-9-14/h3-11,17-18,20,22H,2,12-13H2,1H3. The zero-order chi connectivity index (χ0) is 16.9. The molecular formula is C19H22N2O3. The minimum Gasteiger partial charge on any atom is -0.466 e. The summed E-state index contributed by atoms with van der Waals surface area (Å²) in [6.45, 7) is 2.07. The molecule has 5 heteroatoms. The highest BCUT2D eigenvalue weighted by Gasteiger charge is 2.34. The van der Waals surface area contributed by atoms with E-state index >= 15 is 0 Å². The maximum absolute atomic E-state index is 11.8. The van der Waals surface area contributed by atoms with E-state index in [0.29, 0.717) is 6.61 Å². The van der Waals surface area contributed by atoms with Gasteiger partial charge >= 0.3 is 5.97 Å². The third-order valence-corrected chi connectivity index (χ3v) is 4.09. The first-order valence-corrected chi connectivity index (χ1v) is 8.20. The molecule has 2 unspecified atom stereocenters. The van der Waals surface area contributed by atoms with Crippen molar-refractivity contribution in [2.24, 2.45) is 0 Å². The van der Waals surface area contributed by atoms with E-state index < -0.39 is 12.2 Å². The lowest BCUT2D eigenvalue weighted by atomic mass is 10.1. The normalized spacial score (nSPS) is 17.1. The van der Waals surface area contributed by atoms with Crippen LogP contribution in [-0.4, -0.2) is 30.1 Å². The molecule has 3 rings (SSSR count). The number of rotatable bonds is 6. The summed E-state index contributed by atoms with van der Waals surface area (Å²) in [5.74, 6) is -0.396. The van der Waals surface area contributed by atoms with Crippen molar-refractivity contribution in [3.8, 4) is 0 Å². The number of hydrogen-bond acceptors (Lipinski definition) is 5. The number of ether oxygens (including phenoxy) is 1. The lowest BCUT2D eigenvalue weighted by Crippen LogP contribution is -2.45. The quantitative estimate of drug-likeness (QED) is 0.799. The summed E-state index contributed by atoms with van der Waals surface area (Å²) in [5.41, 5.74) is 3.02. The minimum absolute atomic E-state index is 0.0604. The first-order valence-electron chi connectivity index (χ1n) is 8.20. The van der Waals surface area contributed by atoms with Crippen molar-refractivity contribution < 1.29 is 14.6 Å². The van der Waals surface area contributed by atoms with Gasteiger partial charge in [-0.1, -0.05) is 42.5 Å². The van der Waals surface area contributed by atoms with E-state index in [4.69, 9.17) is 4.74 Å². The fourth-order valence-electron chi connectivity index (χ4n) is 3.06. The van der Waals surface area contributed by atoms with Crippen LogP contribution in [0.25, 0.3) is 0 Å². The van der Waals surface area contributed by atoms with Crippen molar-refractivity contribution in [1.82, 2.24) is 0 Å². The third-order valence-electron chi connectivity index (χ3n) is 4.09. The first-order chi connectivity index (χ1) is 11.7. The maximum Gasteiger partial charge on any atom is 0.310 e.